The first-order valence-corrected chi connectivity index (χ1v) is 10.8. The third-order valence-electron chi connectivity index (χ3n) is 5.07. The maximum Gasteiger partial charge on any atom is 0.315 e. The number of aliphatic hydroxyl groups is 1. The first-order chi connectivity index (χ1) is 14.0. The van der Waals surface area contributed by atoms with Crippen molar-refractivity contribution in [1.29, 1.82) is 0 Å². The Hall–Kier alpha value is -2.13. The standard InChI is InChI=1S/C20H24ClN5O2S/c1-12-9-22-18(29-12)19(27)26-6-2-3-15(11-26)25-20(28)23-10-16-8-13-7-14(21)4-5-17(13)24-16/h4-5,7-9,15,19,24,27H,2-3,6,10-11H2,1H3,(H2,23,25,28)/t15-,19?/m1/s1. The lowest BCUT2D eigenvalue weighted by Crippen LogP contribution is -2.51. The smallest absolute Gasteiger partial charge is 0.315 e. The molecule has 2 amide bonds. The Morgan fingerprint density at radius 3 is 3.14 bits per heavy atom. The number of aromatic amines is 1. The van der Waals surface area contributed by atoms with E-state index < -0.39 is 6.23 Å². The lowest BCUT2D eigenvalue weighted by Gasteiger charge is -2.35. The Kier molecular flexibility index (Phi) is 6.05. The average molecular weight is 434 g/mol. The van der Waals surface area contributed by atoms with E-state index in [0.29, 0.717) is 23.1 Å². The number of likely N-dealkylation sites (tertiary alicyclic amines) is 1. The lowest BCUT2D eigenvalue weighted by atomic mass is 10.1. The first-order valence-electron chi connectivity index (χ1n) is 9.64. The minimum absolute atomic E-state index is 0.0130. The van der Waals surface area contributed by atoms with Crippen LogP contribution in [0.2, 0.25) is 5.02 Å². The number of aliphatic hydroxyl groups excluding tert-OH is 1. The van der Waals surface area contributed by atoms with E-state index in [4.69, 9.17) is 11.6 Å². The summed E-state index contributed by atoms with van der Waals surface area (Å²) in [5.74, 6) is 0. The number of piperidine rings is 1. The van der Waals surface area contributed by atoms with Crippen molar-refractivity contribution in [3.05, 3.63) is 51.1 Å². The summed E-state index contributed by atoms with van der Waals surface area (Å²) in [5, 5.41) is 18.9. The van der Waals surface area contributed by atoms with E-state index in [2.05, 4.69) is 20.6 Å². The van der Waals surface area contributed by atoms with E-state index in [9.17, 15) is 9.90 Å². The molecule has 2 aromatic heterocycles. The van der Waals surface area contributed by atoms with E-state index in [-0.39, 0.29) is 12.1 Å². The Balaban J connectivity index is 1.29. The maximum atomic E-state index is 12.4. The third-order valence-corrected chi connectivity index (χ3v) is 6.26. The minimum atomic E-state index is -0.723. The van der Waals surface area contributed by atoms with Gasteiger partial charge in [0.25, 0.3) is 0 Å². The van der Waals surface area contributed by atoms with Gasteiger partial charge in [-0.3, -0.25) is 4.90 Å². The number of aromatic nitrogens is 2. The molecule has 29 heavy (non-hydrogen) atoms. The number of benzene rings is 1. The van der Waals surface area contributed by atoms with Gasteiger partial charge in [0.05, 0.1) is 6.54 Å². The molecule has 1 aliphatic rings. The molecule has 3 heterocycles. The van der Waals surface area contributed by atoms with Crippen molar-refractivity contribution in [2.45, 2.75) is 38.6 Å². The largest absolute Gasteiger partial charge is 0.372 e. The van der Waals surface area contributed by atoms with Crippen LogP contribution in [0.4, 0.5) is 4.79 Å². The summed E-state index contributed by atoms with van der Waals surface area (Å²) >= 11 is 7.52. The van der Waals surface area contributed by atoms with Gasteiger partial charge in [0.15, 0.2) is 6.23 Å². The zero-order valence-electron chi connectivity index (χ0n) is 16.1. The average Bonchev–Trinajstić information content (AvgIpc) is 3.31. The molecule has 0 radical (unpaired) electrons. The highest BCUT2D eigenvalue weighted by Gasteiger charge is 2.28. The number of nitrogens with one attached hydrogen (secondary N) is 3. The van der Waals surface area contributed by atoms with Gasteiger partial charge >= 0.3 is 6.03 Å². The van der Waals surface area contributed by atoms with Gasteiger partial charge in [0.1, 0.15) is 5.01 Å². The second kappa shape index (κ2) is 8.71. The fourth-order valence-corrected chi connectivity index (χ4v) is 4.64. The number of carbonyl (C=O) groups is 1. The molecule has 0 aliphatic carbocycles. The van der Waals surface area contributed by atoms with Crippen molar-refractivity contribution >= 4 is 39.9 Å². The van der Waals surface area contributed by atoms with Crippen LogP contribution in [0.15, 0.2) is 30.5 Å². The fourth-order valence-electron chi connectivity index (χ4n) is 3.66. The number of amides is 2. The predicted octanol–water partition coefficient (Wildman–Crippen LogP) is 3.54. The molecule has 0 bridgehead atoms. The highest BCUT2D eigenvalue weighted by atomic mass is 35.5. The number of thiazole rings is 1. The third kappa shape index (κ3) is 4.90. The quantitative estimate of drug-likeness (QED) is 0.495. The summed E-state index contributed by atoms with van der Waals surface area (Å²) in [4.78, 5) is 22.9. The number of hydrogen-bond acceptors (Lipinski definition) is 5. The zero-order valence-corrected chi connectivity index (χ0v) is 17.7. The number of nitrogens with zero attached hydrogens (tertiary/aromatic N) is 2. The Morgan fingerprint density at radius 2 is 2.34 bits per heavy atom. The molecule has 2 atom stereocenters. The van der Waals surface area contributed by atoms with E-state index in [1.165, 1.54) is 11.3 Å². The fraction of sp³-hybridized carbons (Fsp3) is 0.400. The van der Waals surface area contributed by atoms with Gasteiger partial charge < -0.3 is 20.7 Å². The van der Waals surface area contributed by atoms with Crippen LogP contribution in [0.3, 0.4) is 0 Å². The van der Waals surface area contributed by atoms with Gasteiger partial charge in [-0.2, -0.15) is 0 Å². The van der Waals surface area contributed by atoms with Crippen molar-refractivity contribution in [2.24, 2.45) is 0 Å². The molecule has 0 spiro atoms. The Labute approximate surface area is 178 Å². The SMILES string of the molecule is Cc1cnc(C(O)N2CCC[C@@H](NC(=O)NCc3cc4cc(Cl)ccc4[nH]3)C2)s1. The zero-order chi connectivity index (χ0) is 20.4. The number of hydrogen-bond donors (Lipinski definition) is 4. The highest BCUT2D eigenvalue weighted by Crippen LogP contribution is 2.25. The minimum Gasteiger partial charge on any atom is -0.372 e. The van der Waals surface area contributed by atoms with Gasteiger partial charge in [0, 0.05) is 51.8 Å². The van der Waals surface area contributed by atoms with Crippen LogP contribution in [0.1, 0.15) is 34.6 Å². The molecule has 9 heteroatoms. The summed E-state index contributed by atoms with van der Waals surface area (Å²) in [6, 6.07) is 7.40. The van der Waals surface area contributed by atoms with Gasteiger partial charge in [0.2, 0.25) is 0 Å². The first kappa shape index (κ1) is 20.2. The predicted molar refractivity (Wildman–Crippen MR) is 115 cm³/mol. The summed E-state index contributed by atoms with van der Waals surface area (Å²) in [6.45, 7) is 3.76. The Morgan fingerprint density at radius 1 is 1.48 bits per heavy atom. The highest BCUT2D eigenvalue weighted by molar-refractivity contribution is 7.11. The van der Waals surface area contributed by atoms with Crippen molar-refractivity contribution < 1.29 is 9.90 Å². The van der Waals surface area contributed by atoms with Crippen LogP contribution >= 0.6 is 22.9 Å². The molecule has 1 aromatic carbocycles. The van der Waals surface area contributed by atoms with Crippen LogP contribution in [0.25, 0.3) is 10.9 Å². The van der Waals surface area contributed by atoms with Gasteiger partial charge in [-0.25, -0.2) is 9.78 Å². The molecular formula is C20H24ClN5O2S. The van der Waals surface area contributed by atoms with Crippen LogP contribution in [0.5, 0.6) is 0 Å². The molecule has 154 valence electrons. The van der Waals surface area contributed by atoms with E-state index in [1.807, 2.05) is 36.1 Å². The van der Waals surface area contributed by atoms with Crippen molar-refractivity contribution in [3.8, 4) is 0 Å². The molecule has 1 aliphatic heterocycles. The topological polar surface area (TPSA) is 93.3 Å². The second-order valence-corrected chi connectivity index (χ2v) is 9.07. The van der Waals surface area contributed by atoms with Crippen LogP contribution in [0, 0.1) is 6.92 Å². The van der Waals surface area contributed by atoms with Gasteiger partial charge in [-0.1, -0.05) is 11.6 Å². The summed E-state index contributed by atoms with van der Waals surface area (Å²) in [6.07, 6.45) is 2.85. The summed E-state index contributed by atoms with van der Waals surface area (Å²) in [5.41, 5.74) is 1.90. The number of carbonyl (C=O) groups excluding carboxylic acids is 1. The molecule has 0 saturated carbocycles. The molecule has 7 nitrogen and oxygen atoms in total. The molecule has 1 unspecified atom stereocenters. The number of fused-ring (bicyclic) bond motifs is 1. The number of rotatable bonds is 5. The number of H-pyrrole nitrogens is 1. The summed E-state index contributed by atoms with van der Waals surface area (Å²) in [7, 11) is 0. The summed E-state index contributed by atoms with van der Waals surface area (Å²) < 4.78 is 0. The van der Waals surface area contributed by atoms with Gasteiger partial charge in [-0.05, 0) is 44.0 Å². The van der Waals surface area contributed by atoms with Crippen molar-refractivity contribution in [1.82, 2.24) is 25.5 Å². The van der Waals surface area contributed by atoms with Crippen LogP contribution in [-0.2, 0) is 6.54 Å². The number of urea groups is 1. The number of halogens is 1. The van der Waals surface area contributed by atoms with Crippen LogP contribution < -0.4 is 10.6 Å². The van der Waals surface area contributed by atoms with Gasteiger partial charge in [-0.15, -0.1) is 11.3 Å². The maximum absolute atomic E-state index is 12.4. The molecule has 3 aromatic rings. The molecule has 4 rings (SSSR count). The van der Waals surface area contributed by atoms with E-state index in [1.54, 1.807) is 6.20 Å². The van der Waals surface area contributed by atoms with E-state index >= 15 is 0 Å². The molecule has 4 N–H and O–H groups in total. The molecular weight excluding hydrogens is 410 g/mol. The molecule has 1 fully saturated rings. The lowest BCUT2D eigenvalue weighted by molar-refractivity contribution is -0.0168. The van der Waals surface area contributed by atoms with Crippen molar-refractivity contribution in [3.63, 3.8) is 0 Å². The number of aryl methyl sites for hydroxylation is 1. The monoisotopic (exact) mass is 433 g/mol. The van der Waals surface area contributed by atoms with Crippen LogP contribution in [-0.4, -0.2) is 45.1 Å². The molecule has 1 saturated heterocycles. The van der Waals surface area contributed by atoms with Crippen molar-refractivity contribution in [2.75, 3.05) is 13.1 Å². The second-order valence-electron chi connectivity index (χ2n) is 7.37. The van der Waals surface area contributed by atoms with E-state index in [0.717, 1.165) is 40.9 Å². The normalized spacial score (nSPS) is 18.7. The Bertz CT molecular complexity index is 1000.